The minimum absolute atomic E-state index is 0.132. The Morgan fingerprint density at radius 1 is 1.35 bits per heavy atom. The number of nitrogens with one attached hydrogen (secondary N) is 1. The molecule has 1 amide bonds. The molecule has 0 aliphatic carbocycles. The summed E-state index contributed by atoms with van der Waals surface area (Å²) in [5, 5.41) is 11.8. The highest BCUT2D eigenvalue weighted by Gasteiger charge is 2.23. The number of carboxylic acid groups (broad SMARTS) is 1. The minimum Gasteiger partial charge on any atom is -0.481 e. The van der Waals surface area contributed by atoms with Crippen LogP contribution in [0.5, 0.6) is 0 Å². The van der Waals surface area contributed by atoms with Crippen LogP contribution in [0, 0.1) is 5.92 Å². The van der Waals surface area contributed by atoms with Crippen LogP contribution in [-0.4, -0.2) is 48.1 Å². The summed E-state index contributed by atoms with van der Waals surface area (Å²) in [6.45, 7) is 4.72. The third-order valence-corrected chi connectivity index (χ3v) is 3.13. The second kappa shape index (κ2) is 7.27. The molecule has 1 rings (SSSR count). The van der Waals surface area contributed by atoms with Gasteiger partial charge in [-0.15, -0.1) is 0 Å². The molecule has 0 spiro atoms. The lowest BCUT2D eigenvalue weighted by Gasteiger charge is -2.31. The Labute approximate surface area is 102 Å². The van der Waals surface area contributed by atoms with Crippen LogP contribution in [0.2, 0.25) is 0 Å². The number of nitrogens with zero attached hydrogens (tertiary/aromatic N) is 1. The van der Waals surface area contributed by atoms with Gasteiger partial charge in [0.1, 0.15) is 0 Å². The molecule has 1 aliphatic heterocycles. The van der Waals surface area contributed by atoms with Crippen molar-refractivity contribution in [1.82, 2.24) is 10.2 Å². The lowest BCUT2D eigenvalue weighted by molar-refractivity contribution is -0.138. The van der Waals surface area contributed by atoms with Gasteiger partial charge in [0, 0.05) is 19.5 Å². The van der Waals surface area contributed by atoms with E-state index in [1.54, 1.807) is 0 Å². The van der Waals surface area contributed by atoms with E-state index in [0.717, 1.165) is 25.8 Å². The summed E-state index contributed by atoms with van der Waals surface area (Å²) in [5.74, 6) is -0.369. The van der Waals surface area contributed by atoms with Gasteiger partial charge in [-0.3, -0.25) is 9.59 Å². The molecule has 0 radical (unpaired) electrons. The van der Waals surface area contributed by atoms with Gasteiger partial charge in [0.25, 0.3) is 0 Å². The molecule has 1 fully saturated rings. The molecule has 0 bridgehead atoms. The lowest BCUT2D eigenvalue weighted by atomic mass is 9.93. The van der Waals surface area contributed by atoms with E-state index in [2.05, 4.69) is 12.2 Å². The van der Waals surface area contributed by atoms with E-state index < -0.39 is 5.97 Å². The Morgan fingerprint density at radius 2 is 2.00 bits per heavy atom. The van der Waals surface area contributed by atoms with Gasteiger partial charge in [0.05, 0.1) is 6.54 Å². The van der Waals surface area contributed by atoms with E-state index in [1.165, 1.54) is 0 Å². The van der Waals surface area contributed by atoms with E-state index in [1.807, 2.05) is 4.90 Å². The van der Waals surface area contributed by atoms with Gasteiger partial charge in [-0.1, -0.05) is 6.92 Å². The largest absolute Gasteiger partial charge is 0.481 e. The molecule has 0 aromatic heterocycles. The van der Waals surface area contributed by atoms with Crippen molar-refractivity contribution in [2.24, 2.45) is 5.92 Å². The molecule has 98 valence electrons. The number of hydrogen-bond acceptors (Lipinski definition) is 3. The summed E-state index contributed by atoms with van der Waals surface area (Å²) in [6, 6.07) is 0. The van der Waals surface area contributed by atoms with Crippen LogP contribution in [0.3, 0.4) is 0 Å². The Kier molecular flexibility index (Phi) is 5.97. The molecule has 0 aromatic rings. The van der Waals surface area contributed by atoms with Crippen LogP contribution in [-0.2, 0) is 9.59 Å². The SMILES string of the molecule is CCCNCC(=O)N1CCC(CC(=O)O)CC1. The summed E-state index contributed by atoms with van der Waals surface area (Å²) < 4.78 is 0. The average Bonchev–Trinajstić information content (AvgIpc) is 2.29. The summed E-state index contributed by atoms with van der Waals surface area (Å²) in [6.07, 6.45) is 2.88. The molecule has 5 nitrogen and oxygen atoms in total. The van der Waals surface area contributed by atoms with Gasteiger partial charge in [0.15, 0.2) is 0 Å². The maximum Gasteiger partial charge on any atom is 0.303 e. The fraction of sp³-hybridized carbons (Fsp3) is 0.833. The number of likely N-dealkylation sites (tertiary alicyclic amines) is 1. The van der Waals surface area contributed by atoms with E-state index in [4.69, 9.17) is 5.11 Å². The average molecular weight is 242 g/mol. The first kappa shape index (κ1) is 14.0. The number of amides is 1. The number of hydrogen-bond donors (Lipinski definition) is 2. The van der Waals surface area contributed by atoms with E-state index in [0.29, 0.717) is 19.6 Å². The summed E-state index contributed by atoms with van der Waals surface area (Å²) in [7, 11) is 0. The zero-order valence-electron chi connectivity index (χ0n) is 10.4. The third kappa shape index (κ3) is 5.17. The molecule has 1 heterocycles. The predicted molar refractivity (Wildman–Crippen MR) is 64.7 cm³/mol. The summed E-state index contributed by atoms with van der Waals surface area (Å²) >= 11 is 0. The zero-order chi connectivity index (χ0) is 12.7. The standard InChI is InChI=1S/C12H22N2O3/c1-2-5-13-9-11(15)14-6-3-10(4-7-14)8-12(16)17/h10,13H,2-9H2,1H3,(H,16,17). The van der Waals surface area contributed by atoms with Crippen LogP contribution in [0.1, 0.15) is 32.6 Å². The lowest BCUT2D eigenvalue weighted by Crippen LogP contribution is -2.43. The van der Waals surface area contributed by atoms with Crippen LogP contribution in [0.4, 0.5) is 0 Å². The van der Waals surface area contributed by atoms with Gasteiger partial charge in [-0.2, -0.15) is 0 Å². The first-order chi connectivity index (χ1) is 8.13. The highest BCUT2D eigenvalue weighted by molar-refractivity contribution is 5.78. The molecular weight excluding hydrogens is 220 g/mol. The Balaban J connectivity index is 2.21. The molecule has 17 heavy (non-hydrogen) atoms. The fourth-order valence-electron chi connectivity index (χ4n) is 2.12. The summed E-state index contributed by atoms with van der Waals surface area (Å²) in [5.41, 5.74) is 0. The van der Waals surface area contributed by atoms with E-state index >= 15 is 0 Å². The van der Waals surface area contributed by atoms with Crippen LogP contribution in [0.25, 0.3) is 0 Å². The molecule has 0 unspecified atom stereocenters. The molecule has 2 N–H and O–H groups in total. The monoisotopic (exact) mass is 242 g/mol. The molecule has 0 aromatic carbocycles. The van der Waals surface area contributed by atoms with Crippen molar-refractivity contribution >= 4 is 11.9 Å². The topological polar surface area (TPSA) is 69.6 Å². The third-order valence-electron chi connectivity index (χ3n) is 3.13. The van der Waals surface area contributed by atoms with Crippen molar-refractivity contribution < 1.29 is 14.7 Å². The molecule has 1 saturated heterocycles. The van der Waals surface area contributed by atoms with Crippen molar-refractivity contribution in [3.8, 4) is 0 Å². The molecular formula is C12H22N2O3. The van der Waals surface area contributed by atoms with Crippen LogP contribution >= 0.6 is 0 Å². The molecule has 0 saturated carbocycles. The van der Waals surface area contributed by atoms with Gasteiger partial charge in [-0.25, -0.2) is 0 Å². The molecule has 0 atom stereocenters. The smallest absolute Gasteiger partial charge is 0.303 e. The molecule has 1 aliphatic rings. The normalized spacial score (nSPS) is 17.1. The predicted octanol–water partition coefficient (Wildman–Crippen LogP) is 0.699. The van der Waals surface area contributed by atoms with Crippen molar-refractivity contribution in [1.29, 1.82) is 0 Å². The zero-order valence-corrected chi connectivity index (χ0v) is 10.4. The second-order valence-corrected chi connectivity index (χ2v) is 4.60. The number of rotatable bonds is 6. The van der Waals surface area contributed by atoms with Crippen molar-refractivity contribution in [2.75, 3.05) is 26.2 Å². The summed E-state index contributed by atoms with van der Waals surface area (Å²) in [4.78, 5) is 24.2. The van der Waals surface area contributed by atoms with Crippen molar-refractivity contribution in [3.63, 3.8) is 0 Å². The number of carbonyl (C=O) groups excluding carboxylic acids is 1. The first-order valence-electron chi connectivity index (χ1n) is 6.33. The number of carboxylic acids is 1. The van der Waals surface area contributed by atoms with Gasteiger partial charge in [-0.05, 0) is 31.7 Å². The quantitative estimate of drug-likeness (QED) is 0.673. The van der Waals surface area contributed by atoms with Gasteiger partial charge >= 0.3 is 5.97 Å². The van der Waals surface area contributed by atoms with E-state index in [-0.39, 0.29) is 18.2 Å². The number of piperidine rings is 1. The van der Waals surface area contributed by atoms with Crippen LogP contribution < -0.4 is 5.32 Å². The number of carbonyl (C=O) groups is 2. The Hall–Kier alpha value is -1.10. The van der Waals surface area contributed by atoms with E-state index in [9.17, 15) is 9.59 Å². The maximum atomic E-state index is 11.7. The minimum atomic E-state index is -0.737. The van der Waals surface area contributed by atoms with Crippen LogP contribution in [0.15, 0.2) is 0 Å². The van der Waals surface area contributed by atoms with Crippen molar-refractivity contribution in [3.05, 3.63) is 0 Å². The fourth-order valence-corrected chi connectivity index (χ4v) is 2.12. The van der Waals surface area contributed by atoms with Gasteiger partial charge in [0.2, 0.25) is 5.91 Å². The second-order valence-electron chi connectivity index (χ2n) is 4.60. The number of aliphatic carboxylic acids is 1. The Morgan fingerprint density at radius 3 is 2.53 bits per heavy atom. The Bertz CT molecular complexity index is 260. The van der Waals surface area contributed by atoms with Crippen molar-refractivity contribution in [2.45, 2.75) is 32.6 Å². The molecule has 5 heteroatoms. The highest BCUT2D eigenvalue weighted by atomic mass is 16.4. The maximum absolute atomic E-state index is 11.7. The van der Waals surface area contributed by atoms with Gasteiger partial charge < -0.3 is 15.3 Å². The first-order valence-corrected chi connectivity index (χ1v) is 6.33. The highest BCUT2D eigenvalue weighted by Crippen LogP contribution is 2.20.